The van der Waals surface area contributed by atoms with E-state index < -0.39 is 0 Å². The summed E-state index contributed by atoms with van der Waals surface area (Å²) in [5.74, 6) is 1.10. The van der Waals surface area contributed by atoms with E-state index in [1.807, 2.05) is 6.92 Å². The second-order valence-electron chi connectivity index (χ2n) is 2.72. The van der Waals surface area contributed by atoms with Crippen LogP contribution in [0.1, 0.15) is 19.8 Å². The van der Waals surface area contributed by atoms with E-state index in [1.165, 1.54) is 0 Å². The number of hydrogen-bond acceptors (Lipinski definition) is 4. The van der Waals surface area contributed by atoms with E-state index in [1.54, 1.807) is 11.8 Å². The summed E-state index contributed by atoms with van der Waals surface area (Å²) in [5.41, 5.74) is -0.0831. The minimum atomic E-state index is -0.327. The highest BCUT2D eigenvalue weighted by Gasteiger charge is 2.04. The molecule has 2 unspecified atom stereocenters. The number of ether oxygens (including phenoxy) is 1. The molecule has 4 heteroatoms. The van der Waals surface area contributed by atoms with Gasteiger partial charge in [0.05, 0.1) is 18.1 Å². The molecule has 0 heterocycles. The summed E-state index contributed by atoms with van der Waals surface area (Å²) in [4.78, 5) is 0. The molecule has 2 nitrogen and oxygen atoms in total. The van der Waals surface area contributed by atoms with Crippen molar-refractivity contribution in [2.45, 2.75) is 31.3 Å². The number of thioether (sulfide) groups is 1. The van der Waals surface area contributed by atoms with Crippen LogP contribution >= 0.6 is 24.4 Å². The largest absolute Gasteiger partial charge is 0.391 e. The van der Waals surface area contributed by atoms with Crippen LogP contribution in [0.2, 0.25) is 0 Å². The van der Waals surface area contributed by atoms with Gasteiger partial charge in [-0.15, -0.1) is 12.6 Å². The molecule has 0 saturated carbocycles. The van der Waals surface area contributed by atoms with Gasteiger partial charge in [-0.1, -0.05) is 0 Å². The van der Waals surface area contributed by atoms with Gasteiger partial charge < -0.3 is 9.84 Å². The van der Waals surface area contributed by atoms with E-state index in [9.17, 15) is 5.11 Å². The first kappa shape index (κ1) is 12.6. The van der Waals surface area contributed by atoms with Crippen LogP contribution < -0.4 is 0 Å². The molecule has 0 bridgehead atoms. The Kier molecular flexibility index (Phi) is 8.65. The Morgan fingerprint density at radius 1 is 1.58 bits per heavy atom. The number of aliphatic hydroxyl groups is 1. The first-order chi connectivity index (χ1) is 5.66. The Bertz CT molecular complexity index is 99.1. The zero-order chi connectivity index (χ0) is 9.40. The summed E-state index contributed by atoms with van der Waals surface area (Å²) in [5, 5.41) is 9.36. The third kappa shape index (κ3) is 8.71. The predicted octanol–water partition coefficient (Wildman–Crippen LogP) is 1.78. The van der Waals surface area contributed by atoms with Gasteiger partial charge in [-0.2, -0.15) is 11.8 Å². The summed E-state index contributed by atoms with van der Waals surface area (Å²) in [6.07, 6.45) is 3.61. The number of hydrogen-bond donors (Lipinski definition) is 2. The van der Waals surface area contributed by atoms with E-state index in [0.717, 1.165) is 18.6 Å². The molecule has 0 fully saturated rings. The summed E-state index contributed by atoms with van der Waals surface area (Å²) in [6.45, 7) is 2.25. The number of thiol groups is 1. The van der Waals surface area contributed by atoms with Crippen molar-refractivity contribution in [3.05, 3.63) is 0 Å². The van der Waals surface area contributed by atoms with Crippen molar-refractivity contribution < 1.29 is 9.84 Å². The van der Waals surface area contributed by atoms with Crippen molar-refractivity contribution >= 4 is 24.4 Å². The molecule has 0 radical (unpaired) electrons. The lowest BCUT2D eigenvalue weighted by molar-refractivity contribution is 0.0271. The van der Waals surface area contributed by atoms with Gasteiger partial charge in [-0.05, 0) is 31.8 Å². The Morgan fingerprint density at radius 2 is 2.25 bits per heavy atom. The molecule has 0 aromatic rings. The van der Waals surface area contributed by atoms with Crippen molar-refractivity contribution in [3.8, 4) is 0 Å². The Balaban J connectivity index is 3.15. The molecule has 0 aliphatic heterocycles. The molecule has 1 N–H and O–H groups in total. The Morgan fingerprint density at radius 3 is 2.75 bits per heavy atom. The average molecular weight is 210 g/mol. The van der Waals surface area contributed by atoms with Crippen LogP contribution in [0.3, 0.4) is 0 Å². The zero-order valence-electron chi connectivity index (χ0n) is 7.69. The fourth-order valence-electron chi connectivity index (χ4n) is 0.797. The molecule has 2 atom stereocenters. The van der Waals surface area contributed by atoms with E-state index in [0.29, 0.717) is 6.61 Å². The van der Waals surface area contributed by atoms with Gasteiger partial charge >= 0.3 is 0 Å². The van der Waals surface area contributed by atoms with Crippen molar-refractivity contribution in [1.82, 2.24) is 0 Å². The summed E-state index contributed by atoms with van der Waals surface area (Å²) in [6, 6.07) is 0. The molecule has 74 valence electrons. The van der Waals surface area contributed by atoms with Crippen LogP contribution in [0.25, 0.3) is 0 Å². The monoisotopic (exact) mass is 210 g/mol. The van der Waals surface area contributed by atoms with Crippen molar-refractivity contribution in [2.24, 2.45) is 0 Å². The molecular formula is C8H18O2S2. The molecule has 0 aliphatic carbocycles. The third-order valence-electron chi connectivity index (χ3n) is 1.42. The van der Waals surface area contributed by atoms with Crippen LogP contribution in [-0.4, -0.2) is 35.3 Å². The highest BCUT2D eigenvalue weighted by atomic mass is 32.2. The quantitative estimate of drug-likeness (QED) is 0.381. The van der Waals surface area contributed by atoms with Crippen LogP contribution in [0, 0.1) is 0 Å². The molecule has 0 rings (SSSR count). The van der Waals surface area contributed by atoms with Gasteiger partial charge in [-0.25, -0.2) is 0 Å². The van der Waals surface area contributed by atoms with Crippen LogP contribution in [0.15, 0.2) is 0 Å². The fourth-order valence-corrected chi connectivity index (χ4v) is 1.34. The minimum Gasteiger partial charge on any atom is -0.391 e. The van der Waals surface area contributed by atoms with Crippen LogP contribution in [0.4, 0.5) is 0 Å². The fraction of sp³-hybridized carbons (Fsp3) is 1.00. The van der Waals surface area contributed by atoms with E-state index in [4.69, 9.17) is 4.74 Å². The van der Waals surface area contributed by atoms with Gasteiger partial charge in [-0.3, -0.25) is 0 Å². The molecule has 0 spiro atoms. The lowest BCUT2D eigenvalue weighted by Crippen LogP contribution is -2.17. The average Bonchev–Trinajstić information content (AvgIpc) is 2.01. The summed E-state index contributed by atoms with van der Waals surface area (Å²) >= 11 is 5.85. The number of rotatable bonds is 7. The smallest absolute Gasteiger partial charge is 0.0972 e. The zero-order valence-corrected chi connectivity index (χ0v) is 9.40. The molecule has 0 amide bonds. The van der Waals surface area contributed by atoms with E-state index in [2.05, 4.69) is 18.9 Å². The van der Waals surface area contributed by atoms with E-state index in [-0.39, 0.29) is 11.5 Å². The van der Waals surface area contributed by atoms with Crippen LogP contribution in [0.5, 0.6) is 0 Å². The highest BCUT2D eigenvalue weighted by molar-refractivity contribution is 7.98. The third-order valence-corrected chi connectivity index (χ3v) is 2.26. The maximum atomic E-state index is 9.36. The van der Waals surface area contributed by atoms with Crippen LogP contribution in [-0.2, 0) is 4.74 Å². The SMILES string of the molecule is CSCCCC(O)COC(C)S. The Labute approximate surface area is 84.5 Å². The van der Waals surface area contributed by atoms with E-state index >= 15 is 0 Å². The first-order valence-corrected chi connectivity index (χ1v) is 6.04. The molecular weight excluding hydrogens is 192 g/mol. The van der Waals surface area contributed by atoms with Gasteiger partial charge in [0, 0.05) is 0 Å². The maximum Gasteiger partial charge on any atom is 0.0972 e. The molecule has 0 saturated heterocycles. The number of aliphatic hydroxyl groups excluding tert-OH is 1. The topological polar surface area (TPSA) is 29.5 Å². The Hall–Kier alpha value is 0.620. The first-order valence-electron chi connectivity index (χ1n) is 4.13. The lowest BCUT2D eigenvalue weighted by atomic mass is 10.2. The van der Waals surface area contributed by atoms with Crippen molar-refractivity contribution in [2.75, 3.05) is 18.6 Å². The maximum absolute atomic E-state index is 9.36. The molecule has 12 heavy (non-hydrogen) atoms. The second-order valence-corrected chi connectivity index (χ2v) is 4.43. The lowest BCUT2D eigenvalue weighted by Gasteiger charge is -2.12. The van der Waals surface area contributed by atoms with Crippen molar-refractivity contribution in [1.29, 1.82) is 0 Å². The summed E-state index contributed by atoms with van der Waals surface area (Å²) < 4.78 is 5.14. The summed E-state index contributed by atoms with van der Waals surface area (Å²) in [7, 11) is 0. The molecule has 0 aromatic carbocycles. The van der Waals surface area contributed by atoms with Crippen molar-refractivity contribution in [3.63, 3.8) is 0 Å². The van der Waals surface area contributed by atoms with Gasteiger partial charge in [0.1, 0.15) is 0 Å². The van der Waals surface area contributed by atoms with Gasteiger partial charge in [0.2, 0.25) is 0 Å². The normalized spacial score (nSPS) is 16.0. The highest BCUT2D eigenvalue weighted by Crippen LogP contribution is 2.05. The predicted molar refractivity (Wildman–Crippen MR) is 58.0 cm³/mol. The van der Waals surface area contributed by atoms with Gasteiger partial charge in [0.25, 0.3) is 0 Å². The standard InChI is InChI=1S/C8H18O2S2/c1-7(11)10-6-8(9)4-3-5-12-2/h7-9,11H,3-6H2,1-2H3. The molecule has 0 aliphatic rings. The minimum absolute atomic E-state index is 0.0831. The second kappa shape index (κ2) is 8.23. The molecule has 0 aromatic heterocycles. The van der Waals surface area contributed by atoms with Gasteiger partial charge in [0.15, 0.2) is 0 Å².